The number of halogens is 7. The van der Waals surface area contributed by atoms with E-state index in [-0.39, 0.29) is 28.6 Å². The summed E-state index contributed by atoms with van der Waals surface area (Å²) in [5, 5.41) is 1.97. The third-order valence-corrected chi connectivity index (χ3v) is 9.39. The Labute approximate surface area is 248 Å². The molecule has 2 atom stereocenters. The molecule has 0 spiro atoms. The van der Waals surface area contributed by atoms with E-state index in [1.807, 2.05) is 0 Å². The predicted molar refractivity (Wildman–Crippen MR) is 149 cm³/mol. The van der Waals surface area contributed by atoms with E-state index in [1.165, 1.54) is 35.4 Å². The molecule has 1 aromatic heterocycles. The summed E-state index contributed by atoms with van der Waals surface area (Å²) in [4.78, 5) is 22.0. The molecule has 2 unspecified atom stereocenters. The maximum atomic E-state index is 14.1. The fourth-order valence-electron chi connectivity index (χ4n) is 6.53. The van der Waals surface area contributed by atoms with Crippen LogP contribution < -0.4 is 5.73 Å². The van der Waals surface area contributed by atoms with Gasteiger partial charge in [-0.25, -0.2) is 9.37 Å². The maximum absolute atomic E-state index is 14.1. The summed E-state index contributed by atoms with van der Waals surface area (Å²) >= 11 is 1.17. The molecule has 5 rings (SSSR count). The summed E-state index contributed by atoms with van der Waals surface area (Å²) in [6, 6.07) is 7.92. The van der Waals surface area contributed by atoms with Crippen LogP contribution in [0.2, 0.25) is 0 Å². The van der Waals surface area contributed by atoms with Crippen molar-refractivity contribution in [3.63, 3.8) is 0 Å². The number of carbonyl (C=O) groups is 1. The van der Waals surface area contributed by atoms with Gasteiger partial charge in [0.05, 0.1) is 22.2 Å². The lowest BCUT2D eigenvalue weighted by Crippen LogP contribution is -2.46. The van der Waals surface area contributed by atoms with E-state index in [4.69, 9.17) is 5.73 Å². The number of benzene rings is 2. The van der Waals surface area contributed by atoms with Crippen molar-refractivity contribution in [2.24, 2.45) is 0 Å². The number of nitrogen functional groups attached to an aromatic ring is 1. The zero-order chi connectivity index (χ0) is 31.2. The van der Waals surface area contributed by atoms with Crippen LogP contribution in [0.5, 0.6) is 0 Å². The number of likely N-dealkylation sites (N-methyl/N-ethyl adjacent to an activating group) is 1. The molecule has 3 aromatic rings. The van der Waals surface area contributed by atoms with Crippen molar-refractivity contribution in [3.8, 4) is 0 Å². The number of likely N-dealkylation sites (tertiary alicyclic amines) is 1. The zero-order valence-electron chi connectivity index (χ0n) is 23.3. The first-order chi connectivity index (χ1) is 20.2. The van der Waals surface area contributed by atoms with Crippen molar-refractivity contribution in [2.75, 3.05) is 25.9 Å². The number of carbonyl (C=O) groups excluding carboxylic acids is 1. The third kappa shape index (κ3) is 6.67. The van der Waals surface area contributed by atoms with E-state index in [0.717, 1.165) is 31.5 Å². The molecule has 1 saturated heterocycles. The number of hydrogen-bond acceptors (Lipinski definition) is 5. The summed E-state index contributed by atoms with van der Waals surface area (Å²) < 4.78 is 94.0. The number of amides is 1. The minimum Gasteiger partial charge on any atom is -0.375 e. The van der Waals surface area contributed by atoms with Crippen molar-refractivity contribution >= 4 is 22.4 Å². The van der Waals surface area contributed by atoms with Crippen LogP contribution in [-0.2, 0) is 29.1 Å². The Kier molecular flexibility index (Phi) is 8.51. The first-order valence-electron chi connectivity index (χ1n) is 13.9. The highest BCUT2D eigenvalue weighted by molar-refractivity contribution is 7.13. The molecule has 2 N–H and O–H groups in total. The van der Waals surface area contributed by atoms with E-state index in [0.29, 0.717) is 43.0 Å². The summed E-state index contributed by atoms with van der Waals surface area (Å²) in [6.07, 6.45) is -6.76. The fraction of sp³-hybridized carbons (Fsp3) is 0.467. The van der Waals surface area contributed by atoms with Crippen LogP contribution >= 0.6 is 11.3 Å². The second-order valence-corrected chi connectivity index (χ2v) is 12.4. The standard InChI is InChI=1S/C30H31F7N4OS/c1-40(16-18-12-21(29(32,33)34)14-22(13-18)30(35,36)37)26(42)28(25-17-43-27(38)39-25)9-6-24(15-28)41-10-7-20(8-11-41)19-2-4-23(31)5-3-19/h2-5,12-14,17,20,24H,6-11,15-16H2,1H3,(H2,38,39). The number of thiazole rings is 1. The smallest absolute Gasteiger partial charge is 0.375 e. The molecule has 232 valence electrons. The average molecular weight is 629 g/mol. The van der Waals surface area contributed by atoms with Crippen LogP contribution in [0.25, 0.3) is 0 Å². The van der Waals surface area contributed by atoms with E-state index in [1.54, 1.807) is 17.5 Å². The van der Waals surface area contributed by atoms with E-state index < -0.39 is 41.3 Å². The Morgan fingerprint density at radius 2 is 1.63 bits per heavy atom. The monoisotopic (exact) mass is 628 g/mol. The normalized spacial score (nSPS) is 22.2. The second-order valence-electron chi connectivity index (χ2n) is 11.5. The van der Waals surface area contributed by atoms with Crippen LogP contribution in [0.3, 0.4) is 0 Å². The summed E-state index contributed by atoms with van der Waals surface area (Å²) in [6.45, 7) is 1.11. The highest BCUT2D eigenvalue weighted by Gasteiger charge is 2.51. The molecule has 2 heterocycles. The van der Waals surface area contributed by atoms with Gasteiger partial charge in [0.2, 0.25) is 5.91 Å². The van der Waals surface area contributed by atoms with Crippen molar-refractivity contribution in [1.82, 2.24) is 14.8 Å². The molecule has 0 bridgehead atoms. The van der Waals surface area contributed by atoms with E-state index >= 15 is 0 Å². The van der Waals surface area contributed by atoms with Gasteiger partial charge in [-0.15, -0.1) is 11.3 Å². The molecular weight excluding hydrogens is 597 g/mol. The molecule has 43 heavy (non-hydrogen) atoms. The fourth-order valence-corrected chi connectivity index (χ4v) is 7.19. The van der Waals surface area contributed by atoms with Gasteiger partial charge in [-0.3, -0.25) is 4.79 Å². The van der Waals surface area contributed by atoms with E-state index in [9.17, 15) is 35.5 Å². The summed E-state index contributed by atoms with van der Waals surface area (Å²) in [5.41, 5.74) is 3.22. The Balaban J connectivity index is 1.35. The van der Waals surface area contributed by atoms with Gasteiger partial charge >= 0.3 is 12.4 Å². The number of anilines is 1. The van der Waals surface area contributed by atoms with Gasteiger partial charge in [0.1, 0.15) is 5.82 Å². The van der Waals surface area contributed by atoms with Crippen LogP contribution in [0.4, 0.5) is 35.9 Å². The Bertz CT molecular complexity index is 1420. The number of hydrogen-bond donors (Lipinski definition) is 1. The maximum Gasteiger partial charge on any atom is 0.416 e. The van der Waals surface area contributed by atoms with Gasteiger partial charge in [-0.1, -0.05) is 12.1 Å². The largest absolute Gasteiger partial charge is 0.416 e. The van der Waals surface area contributed by atoms with Crippen molar-refractivity contribution < 1.29 is 35.5 Å². The molecule has 0 radical (unpaired) electrons. The van der Waals surface area contributed by atoms with Crippen LogP contribution in [0.1, 0.15) is 66.0 Å². The van der Waals surface area contributed by atoms with Gasteiger partial charge in [-0.2, -0.15) is 26.3 Å². The highest BCUT2D eigenvalue weighted by Crippen LogP contribution is 2.46. The van der Waals surface area contributed by atoms with Gasteiger partial charge < -0.3 is 15.5 Å². The Morgan fingerprint density at radius 3 is 2.16 bits per heavy atom. The lowest BCUT2D eigenvalue weighted by molar-refractivity contribution is -0.143. The Hall–Kier alpha value is -3.19. The van der Waals surface area contributed by atoms with Crippen molar-refractivity contribution in [1.29, 1.82) is 0 Å². The molecule has 1 amide bonds. The Morgan fingerprint density at radius 1 is 1.02 bits per heavy atom. The second kappa shape index (κ2) is 11.7. The minimum absolute atomic E-state index is 0.0276. The number of nitrogens with two attached hydrogens (primary N) is 1. The number of piperidine rings is 1. The van der Waals surface area contributed by atoms with Crippen molar-refractivity contribution in [3.05, 3.63) is 81.6 Å². The molecule has 1 aliphatic carbocycles. The number of alkyl halides is 6. The third-order valence-electron chi connectivity index (χ3n) is 8.71. The number of aromatic nitrogens is 1. The molecule has 13 heteroatoms. The van der Waals surface area contributed by atoms with Crippen LogP contribution in [0, 0.1) is 5.82 Å². The molecule has 2 fully saturated rings. The molecular formula is C30H31F7N4OS. The molecule has 2 aliphatic rings. The minimum atomic E-state index is -4.99. The van der Waals surface area contributed by atoms with Gasteiger partial charge in [0.25, 0.3) is 0 Å². The topological polar surface area (TPSA) is 62.5 Å². The molecule has 2 aromatic carbocycles. The number of nitrogens with zero attached hydrogens (tertiary/aromatic N) is 3. The lowest BCUT2D eigenvalue weighted by atomic mass is 9.81. The van der Waals surface area contributed by atoms with Crippen LogP contribution in [-0.4, -0.2) is 46.9 Å². The molecule has 1 aliphatic heterocycles. The first-order valence-corrected chi connectivity index (χ1v) is 14.8. The highest BCUT2D eigenvalue weighted by atomic mass is 32.1. The van der Waals surface area contributed by atoms with Gasteiger partial charge in [-0.05, 0) is 92.6 Å². The quantitative estimate of drug-likeness (QED) is 0.293. The SMILES string of the molecule is CN(Cc1cc(C(F)(F)F)cc(C(F)(F)F)c1)C(=O)C1(c2csc(N)n2)CCC(N2CCC(c3ccc(F)cc3)CC2)C1. The van der Waals surface area contributed by atoms with Gasteiger partial charge in [0.15, 0.2) is 5.13 Å². The van der Waals surface area contributed by atoms with Crippen LogP contribution in [0.15, 0.2) is 47.8 Å². The number of rotatable bonds is 6. The predicted octanol–water partition coefficient (Wildman–Crippen LogP) is 7.23. The lowest BCUT2D eigenvalue weighted by Gasteiger charge is -2.37. The van der Waals surface area contributed by atoms with E-state index in [2.05, 4.69) is 9.88 Å². The zero-order valence-corrected chi connectivity index (χ0v) is 24.1. The summed E-state index contributed by atoms with van der Waals surface area (Å²) in [7, 11) is 1.38. The molecule has 5 nitrogen and oxygen atoms in total. The summed E-state index contributed by atoms with van der Waals surface area (Å²) in [5.74, 6) is -0.412. The van der Waals surface area contributed by atoms with Gasteiger partial charge in [0, 0.05) is 25.0 Å². The first kappa shape index (κ1) is 31.2. The van der Waals surface area contributed by atoms with Crippen molar-refractivity contribution in [2.45, 2.75) is 68.4 Å². The average Bonchev–Trinajstić information content (AvgIpc) is 3.60. The molecule has 1 saturated carbocycles.